The number of hydrazine groups is 1. The van der Waals surface area contributed by atoms with Crippen molar-refractivity contribution >= 4 is 22.7 Å². The second-order valence-electron chi connectivity index (χ2n) is 7.59. The van der Waals surface area contributed by atoms with E-state index in [4.69, 9.17) is 16.8 Å². The summed E-state index contributed by atoms with van der Waals surface area (Å²) < 4.78 is 26.4. The van der Waals surface area contributed by atoms with Crippen molar-refractivity contribution in [2.45, 2.75) is 18.9 Å². The first-order valence-corrected chi connectivity index (χ1v) is 10.3. The van der Waals surface area contributed by atoms with Crippen LogP contribution in [0.2, 0.25) is 0 Å². The highest BCUT2D eigenvalue weighted by Crippen LogP contribution is 2.17. The number of halogens is 2. The molecule has 178 valence electrons. The highest BCUT2D eigenvalue weighted by molar-refractivity contribution is 5.94. The van der Waals surface area contributed by atoms with Gasteiger partial charge in [0.15, 0.2) is 11.6 Å². The lowest BCUT2D eigenvalue weighted by atomic mass is 10.0. The van der Waals surface area contributed by atoms with Gasteiger partial charge in [-0.2, -0.15) is 0 Å². The van der Waals surface area contributed by atoms with Gasteiger partial charge in [-0.05, 0) is 42.3 Å². The summed E-state index contributed by atoms with van der Waals surface area (Å²) in [5.74, 6) is 2.64. The number of benzene rings is 2. The number of rotatable bonds is 9. The largest absolute Gasteiger partial charge is 0.399 e. The molecule has 1 atom stereocenters. The number of nitrogens with two attached hydrogens (primary N) is 2. The van der Waals surface area contributed by atoms with Crippen LogP contribution >= 0.6 is 0 Å². The average molecular weight is 470 g/mol. The van der Waals surface area contributed by atoms with Gasteiger partial charge >= 0.3 is 0 Å². The molecular formula is C23H24F2N6O3. The molecule has 0 saturated carbocycles. The summed E-state index contributed by atoms with van der Waals surface area (Å²) in [6.07, 6.45) is 3.22. The fourth-order valence-corrected chi connectivity index (χ4v) is 3.32. The predicted octanol–water partition coefficient (Wildman–Crippen LogP) is 1.73. The van der Waals surface area contributed by atoms with E-state index in [2.05, 4.69) is 10.3 Å². The fraction of sp³-hybridized carbons (Fsp3) is 0.174. The van der Waals surface area contributed by atoms with Crippen molar-refractivity contribution < 1.29 is 23.6 Å². The second kappa shape index (κ2) is 11.2. The Kier molecular flexibility index (Phi) is 8.06. The van der Waals surface area contributed by atoms with Crippen molar-refractivity contribution in [3.63, 3.8) is 0 Å². The molecule has 1 heterocycles. The summed E-state index contributed by atoms with van der Waals surface area (Å²) in [6, 6.07) is 11.6. The minimum absolute atomic E-state index is 0.0706. The van der Waals surface area contributed by atoms with Crippen molar-refractivity contribution in [3.05, 3.63) is 89.4 Å². The quantitative estimate of drug-likeness (QED) is 0.182. The first-order valence-electron chi connectivity index (χ1n) is 10.3. The van der Waals surface area contributed by atoms with Crippen LogP contribution < -0.4 is 22.4 Å². The molecule has 0 saturated heterocycles. The van der Waals surface area contributed by atoms with E-state index in [1.165, 1.54) is 11.2 Å². The first kappa shape index (κ1) is 24.6. The zero-order valence-corrected chi connectivity index (χ0v) is 18.0. The third-order valence-corrected chi connectivity index (χ3v) is 5.06. The standard InChI is InChI=1S/C23H24F2N6O3/c24-19-6-5-16(10-20(19)25)23(33)29-12-17(26)13-31(27)18(11-22(32)30-34)8-14-3-4-15-2-1-7-28-21(15)9-14/h1-7,9-10,13,18,34H,8,11-12,26-27H2,(H,29,33)(H,30,32)/b17-13-. The summed E-state index contributed by atoms with van der Waals surface area (Å²) >= 11 is 0. The minimum atomic E-state index is -1.14. The molecule has 0 fully saturated rings. The smallest absolute Gasteiger partial charge is 0.251 e. The summed E-state index contributed by atoms with van der Waals surface area (Å²) in [5.41, 5.74) is 9.26. The molecule has 1 unspecified atom stereocenters. The zero-order valence-electron chi connectivity index (χ0n) is 18.0. The molecule has 3 aromatic rings. The molecule has 11 heteroatoms. The van der Waals surface area contributed by atoms with Gasteiger partial charge in [0.1, 0.15) is 0 Å². The number of aromatic nitrogens is 1. The summed E-state index contributed by atoms with van der Waals surface area (Å²) in [7, 11) is 0. The van der Waals surface area contributed by atoms with Crippen molar-refractivity contribution in [1.82, 2.24) is 20.8 Å². The number of hydrogen-bond donors (Lipinski definition) is 5. The lowest BCUT2D eigenvalue weighted by Crippen LogP contribution is -2.42. The van der Waals surface area contributed by atoms with Crippen LogP contribution in [0.4, 0.5) is 8.78 Å². The van der Waals surface area contributed by atoms with E-state index < -0.39 is 29.5 Å². The third kappa shape index (κ3) is 6.47. The Morgan fingerprint density at radius 1 is 1.15 bits per heavy atom. The Hall–Kier alpha value is -4.09. The van der Waals surface area contributed by atoms with Crippen LogP contribution in [0.15, 0.2) is 66.6 Å². The van der Waals surface area contributed by atoms with Crippen molar-refractivity contribution in [3.8, 4) is 0 Å². The Balaban J connectivity index is 1.68. The van der Waals surface area contributed by atoms with E-state index in [-0.39, 0.29) is 24.2 Å². The monoisotopic (exact) mass is 470 g/mol. The minimum Gasteiger partial charge on any atom is -0.399 e. The molecule has 2 amide bonds. The van der Waals surface area contributed by atoms with Gasteiger partial charge in [-0.15, -0.1) is 0 Å². The number of fused-ring (bicyclic) bond motifs is 1. The molecule has 2 aromatic carbocycles. The number of pyridine rings is 1. The van der Waals surface area contributed by atoms with E-state index in [0.717, 1.165) is 34.7 Å². The predicted molar refractivity (Wildman–Crippen MR) is 121 cm³/mol. The maximum Gasteiger partial charge on any atom is 0.251 e. The molecule has 0 aliphatic rings. The van der Waals surface area contributed by atoms with Crippen LogP contribution in [0.5, 0.6) is 0 Å². The highest BCUT2D eigenvalue weighted by Gasteiger charge is 2.19. The topological polar surface area (TPSA) is 147 Å². The number of hydrogen-bond acceptors (Lipinski definition) is 7. The van der Waals surface area contributed by atoms with E-state index in [1.807, 2.05) is 30.3 Å². The normalized spacial score (nSPS) is 12.3. The van der Waals surface area contributed by atoms with Gasteiger partial charge in [-0.1, -0.05) is 18.2 Å². The zero-order chi connectivity index (χ0) is 24.7. The lowest BCUT2D eigenvalue weighted by Gasteiger charge is -2.26. The second-order valence-corrected chi connectivity index (χ2v) is 7.59. The van der Waals surface area contributed by atoms with Gasteiger partial charge in [0, 0.05) is 29.0 Å². The summed E-state index contributed by atoms with van der Waals surface area (Å²) in [6.45, 7) is -0.135. The molecule has 1 aromatic heterocycles. The molecule has 0 aliphatic heterocycles. The number of carbonyl (C=O) groups is 2. The van der Waals surface area contributed by atoms with Gasteiger partial charge < -0.3 is 16.1 Å². The van der Waals surface area contributed by atoms with Crippen LogP contribution in [-0.2, 0) is 11.2 Å². The molecule has 0 spiro atoms. The van der Waals surface area contributed by atoms with Gasteiger partial charge in [-0.3, -0.25) is 19.8 Å². The number of nitrogens with zero attached hydrogens (tertiary/aromatic N) is 2. The third-order valence-electron chi connectivity index (χ3n) is 5.06. The lowest BCUT2D eigenvalue weighted by molar-refractivity contribution is -0.130. The molecule has 34 heavy (non-hydrogen) atoms. The van der Waals surface area contributed by atoms with Crippen LogP contribution in [-0.4, -0.2) is 39.6 Å². The first-order chi connectivity index (χ1) is 16.3. The van der Waals surface area contributed by atoms with E-state index in [0.29, 0.717) is 6.42 Å². The Morgan fingerprint density at radius 2 is 1.94 bits per heavy atom. The summed E-state index contributed by atoms with van der Waals surface area (Å²) in [5, 5.41) is 13.6. The van der Waals surface area contributed by atoms with Crippen LogP contribution in [0.3, 0.4) is 0 Å². The Labute approximate surface area is 194 Å². The maximum atomic E-state index is 13.3. The SMILES string of the molecule is N/C(=C\N(N)C(CC(=O)NO)Cc1ccc2cccnc2c1)CNC(=O)c1ccc(F)c(F)c1. The molecule has 0 radical (unpaired) electrons. The number of hydroxylamine groups is 1. The summed E-state index contributed by atoms with van der Waals surface area (Å²) in [4.78, 5) is 28.3. The molecule has 3 rings (SSSR count). The van der Waals surface area contributed by atoms with E-state index in [9.17, 15) is 18.4 Å². The van der Waals surface area contributed by atoms with Crippen LogP contribution in [0, 0.1) is 11.6 Å². The molecule has 0 aliphatic carbocycles. The molecule has 7 N–H and O–H groups in total. The van der Waals surface area contributed by atoms with E-state index in [1.54, 1.807) is 11.7 Å². The highest BCUT2D eigenvalue weighted by atomic mass is 19.2. The van der Waals surface area contributed by atoms with Crippen molar-refractivity contribution in [2.24, 2.45) is 11.6 Å². The van der Waals surface area contributed by atoms with Gasteiger partial charge in [-0.25, -0.2) is 20.1 Å². The fourth-order valence-electron chi connectivity index (χ4n) is 3.32. The Morgan fingerprint density at radius 3 is 2.68 bits per heavy atom. The van der Waals surface area contributed by atoms with Gasteiger partial charge in [0.25, 0.3) is 5.91 Å². The number of amides is 2. The van der Waals surface area contributed by atoms with Gasteiger partial charge in [0.2, 0.25) is 5.91 Å². The molecule has 0 bridgehead atoms. The van der Waals surface area contributed by atoms with Gasteiger partial charge in [0.05, 0.1) is 24.5 Å². The number of nitrogens with one attached hydrogen (secondary N) is 2. The van der Waals surface area contributed by atoms with Crippen LogP contribution in [0.25, 0.3) is 10.9 Å². The molecule has 9 nitrogen and oxygen atoms in total. The number of carbonyl (C=O) groups excluding carboxylic acids is 2. The van der Waals surface area contributed by atoms with Crippen molar-refractivity contribution in [2.75, 3.05) is 6.54 Å². The average Bonchev–Trinajstić information content (AvgIpc) is 2.83. The Bertz CT molecular complexity index is 1220. The van der Waals surface area contributed by atoms with E-state index >= 15 is 0 Å². The molecular weight excluding hydrogens is 446 g/mol. The van der Waals surface area contributed by atoms with Crippen LogP contribution in [0.1, 0.15) is 22.3 Å². The van der Waals surface area contributed by atoms with Crippen molar-refractivity contribution in [1.29, 1.82) is 0 Å². The maximum absolute atomic E-state index is 13.3.